The molecule has 1 heterocycles. The van der Waals surface area contributed by atoms with Crippen LogP contribution in [0.3, 0.4) is 0 Å². The van der Waals surface area contributed by atoms with Crippen molar-refractivity contribution in [1.82, 2.24) is 9.97 Å². The molecule has 0 aliphatic heterocycles. The van der Waals surface area contributed by atoms with Crippen LogP contribution in [0.5, 0.6) is 0 Å². The molecule has 0 fully saturated rings. The standard InChI is InChI=1S/C6H8N2.C4H8O/c1-5-3-8-6(2)4-7-5;1-2-3-4-5/h3-4H,1-2H3;4H,2-3H2,1H3. The Hall–Kier alpha value is -1.25. The van der Waals surface area contributed by atoms with Gasteiger partial charge in [0, 0.05) is 18.8 Å². The second-order valence-electron chi connectivity index (χ2n) is 2.75. The molecule has 0 aliphatic rings. The van der Waals surface area contributed by atoms with E-state index in [1.54, 1.807) is 12.4 Å². The average Bonchev–Trinajstić information content (AvgIpc) is 2.13. The molecule has 0 spiro atoms. The Balaban J connectivity index is 0.000000252. The van der Waals surface area contributed by atoms with Gasteiger partial charge in [-0.05, 0) is 20.3 Å². The van der Waals surface area contributed by atoms with Gasteiger partial charge < -0.3 is 4.79 Å². The molecule has 13 heavy (non-hydrogen) atoms. The summed E-state index contributed by atoms with van der Waals surface area (Å²) in [7, 11) is 0. The summed E-state index contributed by atoms with van der Waals surface area (Å²) < 4.78 is 0. The normalized spacial score (nSPS) is 8.54. The molecule has 1 aromatic rings. The van der Waals surface area contributed by atoms with Crippen molar-refractivity contribution in [2.45, 2.75) is 33.6 Å². The van der Waals surface area contributed by atoms with Crippen LogP contribution in [0.2, 0.25) is 0 Å². The second-order valence-corrected chi connectivity index (χ2v) is 2.75. The topological polar surface area (TPSA) is 42.9 Å². The molecule has 0 radical (unpaired) electrons. The highest BCUT2D eigenvalue weighted by Crippen LogP contribution is 1.88. The van der Waals surface area contributed by atoms with Gasteiger partial charge in [0.25, 0.3) is 0 Å². The minimum Gasteiger partial charge on any atom is -0.303 e. The van der Waals surface area contributed by atoms with Crippen LogP contribution in [0.1, 0.15) is 31.2 Å². The zero-order chi connectivity index (χ0) is 10.1. The minimum absolute atomic E-state index is 0.708. The lowest BCUT2D eigenvalue weighted by Crippen LogP contribution is -1.84. The summed E-state index contributed by atoms with van der Waals surface area (Å²) in [5.74, 6) is 0. The molecule has 0 saturated carbocycles. The molecule has 3 heteroatoms. The number of aromatic nitrogens is 2. The van der Waals surface area contributed by atoms with Crippen LogP contribution in [-0.2, 0) is 4.79 Å². The number of carbonyl (C=O) groups is 1. The lowest BCUT2D eigenvalue weighted by Gasteiger charge is -1.88. The number of aryl methyl sites for hydroxylation is 2. The van der Waals surface area contributed by atoms with Crippen molar-refractivity contribution in [1.29, 1.82) is 0 Å². The first-order valence-corrected chi connectivity index (χ1v) is 4.39. The van der Waals surface area contributed by atoms with Crippen LogP contribution < -0.4 is 0 Å². The van der Waals surface area contributed by atoms with E-state index in [1.165, 1.54) is 0 Å². The summed E-state index contributed by atoms with van der Waals surface area (Å²) in [5, 5.41) is 0. The van der Waals surface area contributed by atoms with Crippen LogP contribution in [-0.4, -0.2) is 16.3 Å². The van der Waals surface area contributed by atoms with Gasteiger partial charge in [0.2, 0.25) is 0 Å². The first-order chi connectivity index (χ1) is 6.20. The molecular formula is C10H16N2O. The van der Waals surface area contributed by atoms with Crippen molar-refractivity contribution in [3.05, 3.63) is 23.8 Å². The number of aldehydes is 1. The zero-order valence-electron chi connectivity index (χ0n) is 8.45. The van der Waals surface area contributed by atoms with Gasteiger partial charge in [-0.2, -0.15) is 0 Å². The second kappa shape index (κ2) is 7.40. The van der Waals surface area contributed by atoms with E-state index >= 15 is 0 Å². The van der Waals surface area contributed by atoms with E-state index in [4.69, 9.17) is 0 Å². The fraction of sp³-hybridized carbons (Fsp3) is 0.500. The van der Waals surface area contributed by atoms with Gasteiger partial charge in [0.05, 0.1) is 11.4 Å². The van der Waals surface area contributed by atoms with Crippen molar-refractivity contribution >= 4 is 6.29 Å². The largest absolute Gasteiger partial charge is 0.303 e. The number of carbonyl (C=O) groups excluding carboxylic acids is 1. The first kappa shape index (κ1) is 11.8. The van der Waals surface area contributed by atoms with E-state index in [1.807, 2.05) is 20.8 Å². The Morgan fingerprint density at radius 3 is 1.85 bits per heavy atom. The molecule has 1 aromatic heterocycles. The maximum absolute atomic E-state index is 9.40. The van der Waals surface area contributed by atoms with Crippen LogP contribution >= 0.6 is 0 Å². The van der Waals surface area contributed by atoms with Crippen molar-refractivity contribution < 1.29 is 4.79 Å². The molecular weight excluding hydrogens is 164 g/mol. The van der Waals surface area contributed by atoms with E-state index in [0.717, 1.165) is 24.1 Å². The molecule has 1 rings (SSSR count). The van der Waals surface area contributed by atoms with Crippen LogP contribution in [0, 0.1) is 13.8 Å². The molecule has 0 bridgehead atoms. The van der Waals surface area contributed by atoms with Gasteiger partial charge in [-0.3, -0.25) is 9.97 Å². The molecule has 0 saturated heterocycles. The van der Waals surface area contributed by atoms with Gasteiger partial charge in [0.1, 0.15) is 6.29 Å². The van der Waals surface area contributed by atoms with E-state index in [2.05, 4.69) is 9.97 Å². The molecule has 0 unspecified atom stereocenters. The fourth-order valence-electron chi connectivity index (χ4n) is 0.575. The highest BCUT2D eigenvalue weighted by molar-refractivity contribution is 5.48. The van der Waals surface area contributed by atoms with Gasteiger partial charge in [0.15, 0.2) is 0 Å². The summed E-state index contributed by atoms with van der Waals surface area (Å²) >= 11 is 0. The van der Waals surface area contributed by atoms with Gasteiger partial charge in [-0.15, -0.1) is 0 Å². The SMILES string of the molecule is CCCC=O.Cc1cnc(C)cn1. The lowest BCUT2D eigenvalue weighted by molar-refractivity contribution is -0.107. The van der Waals surface area contributed by atoms with Crippen molar-refractivity contribution in [2.75, 3.05) is 0 Å². The van der Waals surface area contributed by atoms with Crippen LogP contribution in [0.25, 0.3) is 0 Å². The zero-order valence-corrected chi connectivity index (χ0v) is 8.45. The number of hydrogen-bond acceptors (Lipinski definition) is 3. The highest BCUT2D eigenvalue weighted by atomic mass is 16.1. The Morgan fingerprint density at radius 1 is 1.23 bits per heavy atom. The summed E-state index contributed by atoms with van der Waals surface area (Å²) in [6, 6.07) is 0. The molecule has 0 N–H and O–H groups in total. The van der Waals surface area contributed by atoms with Crippen molar-refractivity contribution in [2.24, 2.45) is 0 Å². The summed E-state index contributed by atoms with van der Waals surface area (Å²) in [6.45, 7) is 5.83. The molecule has 0 amide bonds. The maximum atomic E-state index is 9.40. The quantitative estimate of drug-likeness (QED) is 0.654. The summed E-state index contributed by atoms with van der Waals surface area (Å²) in [6.07, 6.45) is 6.13. The monoisotopic (exact) mass is 180 g/mol. The smallest absolute Gasteiger partial charge is 0.119 e. The van der Waals surface area contributed by atoms with Gasteiger partial charge >= 0.3 is 0 Å². The minimum atomic E-state index is 0.708. The van der Waals surface area contributed by atoms with E-state index in [9.17, 15) is 4.79 Å². The average molecular weight is 180 g/mol. The predicted octanol–water partition coefficient (Wildman–Crippen LogP) is 2.08. The molecule has 0 atom stereocenters. The van der Waals surface area contributed by atoms with E-state index < -0.39 is 0 Å². The highest BCUT2D eigenvalue weighted by Gasteiger charge is 1.82. The van der Waals surface area contributed by atoms with Crippen LogP contribution in [0.4, 0.5) is 0 Å². The summed E-state index contributed by atoms with van der Waals surface area (Å²) in [5.41, 5.74) is 1.94. The molecule has 3 nitrogen and oxygen atoms in total. The van der Waals surface area contributed by atoms with Crippen molar-refractivity contribution in [3.63, 3.8) is 0 Å². The van der Waals surface area contributed by atoms with E-state index in [0.29, 0.717) is 6.42 Å². The molecule has 0 aromatic carbocycles. The van der Waals surface area contributed by atoms with E-state index in [-0.39, 0.29) is 0 Å². The Bertz CT molecular complexity index is 210. The van der Waals surface area contributed by atoms with Crippen LogP contribution in [0.15, 0.2) is 12.4 Å². The van der Waals surface area contributed by atoms with Gasteiger partial charge in [-0.25, -0.2) is 0 Å². The lowest BCUT2D eigenvalue weighted by atomic mass is 10.4. The predicted molar refractivity (Wildman–Crippen MR) is 52.5 cm³/mol. The third-order valence-corrected chi connectivity index (χ3v) is 1.32. The number of nitrogens with zero attached hydrogens (tertiary/aromatic N) is 2. The Morgan fingerprint density at radius 2 is 1.69 bits per heavy atom. The van der Waals surface area contributed by atoms with Gasteiger partial charge in [-0.1, -0.05) is 6.92 Å². The Kier molecular flexibility index (Phi) is 6.69. The third-order valence-electron chi connectivity index (χ3n) is 1.32. The fourth-order valence-corrected chi connectivity index (χ4v) is 0.575. The maximum Gasteiger partial charge on any atom is 0.119 e. The number of rotatable bonds is 2. The third kappa shape index (κ3) is 7.12. The first-order valence-electron chi connectivity index (χ1n) is 4.39. The number of unbranched alkanes of at least 4 members (excludes halogenated alkanes) is 1. The molecule has 0 aliphatic carbocycles. The number of hydrogen-bond donors (Lipinski definition) is 0. The Labute approximate surface area is 79.2 Å². The summed E-state index contributed by atoms with van der Waals surface area (Å²) in [4.78, 5) is 17.4. The van der Waals surface area contributed by atoms with Crippen molar-refractivity contribution in [3.8, 4) is 0 Å². The molecule has 72 valence electrons.